The van der Waals surface area contributed by atoms with Crippen LogP contribution in [0, 0.1) is 17.0 Å². The molecule has 0 unspecified atom stereocenters. The van der Waals surface area contributed by atoms with Crippen molar-refractivity contribution in [2.75, 3.05) is 18.5 Å². The van der Waals surface area contributed by atoms with Crippen molar-refractivity contribution in [1.82, 2.24) is 0 Å². The summed E-state index contributed by atoms with van der Waals surface area (Å²) in [5, 5.41) is 13.6. The number of esters is 1. The Labute approximate surface area is 105 Å². The number of nitrogens with zero attached hydrogens (tertiary/aromatic N) is 1. The van der Waals surface area contributed by atoms with Crippen LogP contribution in [-0.4, -0.2) is 24.0 Å². The third kappa shape index (κ3) is 4.04. The lowest BCUT2D eigenvalue weighted by molar-refractivity contribution is -0.384. The lowest BCUT2D eigenvalue weighted by Gasteiger charge is -2.08. The van der Waals surface area contributed by atoms with Gasteiger partial charge in [0.2, 0.25) is 0 Å². The zero-order valence-corrected chi connectivity index (χ0v) is 10.4. The van der Waals surface area contributed by atoms with E-state index < -0.39 is 4.92 Å². The monoisotopic (exact) mass is 252 g/mol. The van der Waals surface area contributed by atoms with Crippen LogP contribution in [0.3, 0.4) is 0 Å². The fourth-order valence-electron chi connectivity index (χ4n) is 1.49. The van der Waals surface area contributed by atoms with Crippen LogP contribution in [0.2, 0.25) is 0 Å². The second-order valence-electron chi connectivity index (χ2n) is 3.74. The van der Waals surface area contributed by atoms with E-state index in [1.54, 1.807) is 19.9 Å². The maximum atomic E-state index is 11.1. The molecule has 0 saturated carbocycles. The first kappa shape index (κ1) is 14.0. The number of aryl methyl sites for hydroxylation is 1. The van der Waals surface area contributed by atoms with Crippen molar-refractivity contribution in [1.29, 1.82) is 0 Å². The van der Waals surface area contributed by atoms with Crippen molar-refractivity contribution < 1.29 is 14.5 Å². The molecule has 0 saturated heterocycles. The Hall–Kier alpha value is -2.11. The maximum absolute atomic E-state index is 11.1. The molecule has 0 aromatic heterocycles. The Morgan fingerprint density at radius 2 is 2.22 bits per heavy atom. The Morgan fingerprint density at radius 1 is 1.50 bits per heavy atom. The van der Waals surface area contributed by atoms with Gasteiger partial charge in [0.25, 0.3) is 5.69 Å². The molecule has 0 bridgehead atoms. The molecule has 1 aromatic carbocycles. The number of hydrogen-bond acceptors (Lipinski definition) is 5. The third-order valence-corrected chi connectivity index (χ3v) is 2.37. The van der Waals surface area contributed by atoms with Crippen LogP contribution in [-0.2, 0) is 9.53 Å². The first-order valence-corrected chi connectivity index (χ1v) is 5.69. The summed E-state index contributed by atoms with van der Waals surface area (Å²) in [5.41, 5.74) is 1.61. The van der Waals surface area contributed by atoms with Crippen LogP contribution < -0.4 is 5.32 Å². The molecule has 18 heavy (non-hydrogen) atoms. The smallest absolute Gasteiger partial charge is 0.307 e. The van der Waals surface area contributed by atoms with Gasteiger partial charge in [0.1, 0.15) is 0 Å². The zero-order valence-electron chi connectivity index (χ0n) is 10.4. The van der Waals surface area contributed by atoms with Crippen molar-refractivity contribution in [3.05, 3.63) is 33.9 Å². The largest absolute Gasteiger partial charge is 0.466 e. The van der Waals surface area contributed by atoms with Crippen LogP contribution in [0.15, 0.2) is 18.2 Å². The van der Waals surface area contributed by atoms with Crippen molar-refractivity contribution in [3.8, 4) is 0 Å². The number of nitrogens with one attached hydrogen (secondary N) is 1. The minimum Gasteiger partial charge on any atom is -0.466 e. The van der Waals surface area contributed by atoms with E-state index in [9.17, 15) is 14.9 Å². The Balaban J connectivity index is 2.53. The lowest BCUT2D eigenvalue weighted by atomic mass is 10.2. The zero-order chi connectivity index (χ0) is 13.5. The molecule has 6 heteroatoms. The van der Waals surface area contributed by atoms with Gasteiger partial charge in [-0.2, -0.15) is 0 Å². The Morgan fingerprint density at radius 3 is 2.78 bits per heavy atom. The van der Waals surface area contributed by atoms with E-state index >= 15 is 0 Å². The molecular weight excluding hydrogens is 236 g/mol. The van der Waals surface area contributed by atoms with Crippen LogP contribution in [0.5, 0.6) is 0 Å². The quantitative estimate of drug-likeness (QED) is 0.477. The van der Waals surface area contributed by atoms with E-state index in [0.717, 1.165) is 11.3 Å². The first-order chi connectivity index (χ1) is 8.54. The number of benzene rings is 1. The summed E-state index contributed by atoms with van der Waals surface area (Å²) in [6.45, 7) is 4.35. The van der Waals surface area contributed by atoms with Crippen LogP contribution in [0.4, 0.5) is 11.4 Å². The number of non-ortho nitro benzene ring substituents is 1. The molecule has 0 aliphatic rings. The molecule has 0 aliphatic heterocycles. The number of carbonyl (C=O) groups excluding carboxylic acids is 1. The van der Waals surface area contributed by atoms with Crippen LogP contribution in [0.1, 0.15) is 18.9 Å². The average Bonchev–Trinajstić information content (AvgIpc) is 2.31. The SMILES string of the molecule is CCOC(=O)CCNc1ccc([N+](=O)[O-])cc1C. The van der Waals surface area contributed by atoms with Gasteiger partial charge in [-0.25, -0.2) is 0 Å². The molecule has 0 heterocycles. The van der Waals surface area contributed by atoms with E-state index in [2.05, 4.69) is 5.32 Å². The molecule has 1 N–H and O–H groups in total. The molecule has 0 aliphatic carbocycles. The number of hydrogen-bond donors (Lipinski definition) is 1. The lowest BCUT2D eigenvalue weighted by Crippen LogP contribution is -2.11. The van der Waals surface area contributed by atoms with Crippen LogP contribution in [0.25, 0.3) is 0 Å². The molecule has 6 nitrogen and oxygen atoms in total. The fraction of sp³-hybridized carbons (Fsp3) is 0.417. The summed E-state index contributed by atoms with van der Waals surface area (Å²) in [4.78, 5) is 21.2. The van der Waals surface area contributed by atoms with Gasteiger partial charge in [-0.3, -0.25) is 14.9 Å². The van der Waals surface area contributed by atoms with E-state index in [1.165, 1.54) is 12.1 Å². The summed E-state index contributed by atoms with van der Waals surface area (Å²) in [7, 11) is 0. The highest BCUT2D eigenvalue weighted by Crippen LogP contribution is 2.20. The van der Waals surface area contributed by atoms with E-state index in [1.807, 2.05) is 0 Å². The second kappa shape index (κ2) is 6.58. The highest BCUT2D eigenvalue weighted by Gasteiger charge is 2.08. The molecule has 0 amide bonds. The van der Waals surface area contributed by atoms with Gasteiger partial charge in [-0.1, -0.05) is 0 Å². The standard InChI is InChI=1S/C12H16N2O4/c1-3-18-12(15)6-7-13-11-5-4-10(14(16)17)8-9(11)2/h4-5,8,13H,3,6-7H2,1-2H3. The Bertz CT molecular complexity index is 446. The maximum Gasteiger partial charge on any atom is 0.307 e. The molecule has 0 fully saturated rings. The van der Waals surface area contributed by atoms with E-state index in [-0.39, 0.29) is 18.1 Å². The van der Waals surface area contributed by atoms with Crippen molar-refractivity contribution in [2.45, 2.75) is 20.3 Å². The number of rotatable bonds is 6. The van der Waals surface area contributed by atoms with Crippen molar-refractivity contribution in [3.63, 3.8) is 0 Å². The van der Waals surface area contributed by atoms with Crippen molar-refractivity contribution in [2.24, 2.45) is 0 Å². The molecular formula is C12H16N2O4. The number of anilines is 1. The third-order valence-electron chi connectivity index (χ3n) is 2.37. The van der Waals surface area contributed by atoms with Gasteiger partial charge in [0, 0.05) is 24.4 Å². The first-order valence-electron chi connectivity index (χ1n) is 5.69. The topological polar surface area (TPSA) is 81.5 Å². The minimum absolute atomic E-state index is 0.0587. The highest BCUT2D eigenvalue weighted by atomic mass is 16.6. The summed E-state index contributed by atoms with van der Waals surface area (Å²) in [5.74, 6) is -0.260. The molecule has 0 spiro atoms. The predicted molar refractivity (Wildman–Crippen MR) is 67.6 cm³/mol. The van der Waals surface area contributed by atoms with E-state index in [4.69, 9.17) is 4.74 Å². The van der Waals surface area contributed by atoms with Gasteiger partial charge < -0.3 is 10.1 Å². The molecule has 0 radical (unpaired) electrons. The number of ether oxygens (including phenoxy) is 1. The van der Waals surface area contributed by atoms with Gasteiger partial charge in [-0.05, 0) is 25.5 Å². The Kier molecular flexibility index (Phi) is 5.10. The molecule has 1 rings (SSSR count). The molecule has 0 atom stereocenters. The fourth-order valence-corrected chi connectivity index (χ4v) is 1.49. The molecule has 98 valence electrons. The van der Waals surface area contributed by atoms with Gasteiger partial charge >= 0.3 is 5.97 Å². The summed E-state index contributed by atoms with van der Waals surface area (Å²) >= 11 is 0. The normalized spacial score (nSPS) is 9.89. The highest BCUT2D eigenvalue weighted by molar-refractivity contribution is 5.70. The van der Waals surface area contributed by atoms with Crippen LogP contribution >= 0.6 is 0 Å². The van der Waals surface area contributed by atoms with Crippen molar-refractivity contribution >= 4 is 17.3 Å². The summed E-state index contributed by atoms with van der Waals surface area (Å²) in [6, 6.07) is 4.56. The average molecular weight is 252 g/mol. The predicted octanol–water partition coefficient (Wildman–Crippen LogP) is 2.27. The number of nitro groups is 1. The second-order valence-corrected chi connectivity index (χ2v) is 3.74. The van der Waals surface area contributed by atoms with Gasteiger partial charge in [-0.15, -0.1) is 0 Å². The van der Waals surface area contributed by atoms with E-state index in [0.29, 0.717) is 13.2 Å². The summed E-state index contributed by atoms with van der Waals surface area (Å²) in [6.07, 6.45) is 0.268. The number of nitro benzene ring substituents is 1. The number of carbonyl (C=O) groups is 1. The minimum atomic E-state index is -0.435. The van der Waals surface area contributed by atoms with Gasteiger partial charge in [0.15, 0.2) is 0 Å². The molecule has 1 aromatic rings. The summed E-state index contributed by atoms with van der Waals surface area (Å²) < 4.78 is 4.79. The van der Waals surface area contributed by atoms with Gasteiger partial charge in [0.05, 0.1) is 18.0 Å².